The van der Waals surface area contributed by atoms with Crippen LogP contribution in [-0.4, -0.2) is 27.0 Å². The van der Waals surface area contributed by atoms with Gasteiger partial charge in [0.15, 0.2) is 5.13 Å². The van der Waals surface area contributed by atoms with Crippen LogP contribution in [0.2, 0.25) is 0 Å². The molecule has 1 saturated carbocycles. The number of hydrogen-bond acceptors (Lipinski definition) is 5. The first kappa shape index (κ1) is 14.8. The summed E-state index contributed by atoms with van der Waals surface area (Å²) in [6, 6.07) is 5.60. The zero-order valence-corrected chi connectivity index (χ0v) is 13.5. The standard InChI is InChI=1S/C16H15N5O2S/c22-13(19-12-3-1-2-10-7-17-21-14(10)12)6-11-8-24-16(18-11)20-15(23)9-4-5-9/h1-3,7-9H,4-6H2,(H,17,21)(H,19,22)(H,18,20,23). The quantitative estimate of drug-likeness (QED) is 0.664. The number of aromatic nitrogens is 3. The molecule has 1 aliphatic carbocycles. The number of aromatic amines is 1. The summed E-state index contributed by atoms with van der Waals surface area (Å²) in [6.07, 6.45) is 3.76. The molecule has 7 nitrogen and oxygen atoms in total. The number of carbonyl (C=O) groups excluding carboxylic acids is 2. The Hall–Kier alpha value is -2.74. The maximum Gasteiger partial charge on any atom is 0.230 e. The van der Waals surface area contributed by atoms with Crippen LogP contribution in [0.5, 0.6) is 0 Å². The first-order chi connectivity index (χ1) is 11.7. The Morgan fingerprint density at radius 3 is 3.00 bits per heavy atom. The first-order valence-electron chi connectivity index (χ1n) is 7.66. The molecule has 122 valence electrons. The van der Waals surface area contributed by atoms with Gasteiger partial charge in [0.2, 0.25) is 11.8 Å². The molecule has 2 aromatic heterocycles. The van der Waals surface area contributed by atoms with Crippen LogP contribution in [0.25, 0.3) is 10.9 Å². The Balaban J connectivity index is 1.40. The Morgan fingerprint density at radius 1 is 1.29 bits per heavy atom. The van der Waals surface area contributed by atoms with Gasteiger partial charge in [-0.3, -0.25) is 14.7 Å². The highest BCUT2D eigenvalue weighted by atomic mass is 32.1. The van der Waals surface area contributed by atoms with Crippen molar-refractivity contribution in [3.05, 3.63) is 35.5 Å². The van der Waals surface area contributed by atoms with Gasteiger partial charge in [-0.25, -0.2) is 4.98 Å². The van der Waals surface area contributed by atoms with Crippen molar-refractivity contribution in [2.45, 2.75) is 19.3 Å². The summed E-state index contributed by atoms with van der Waals surface area (Å²) >= 11 is 1.34. The van der Waals surface area contributed by atoms with Crippen molar-refractivity contribution in [1.82, 2.24) is 15.2 Å². The van der Waals surface area contributed by atoms with E-state index in [-0.39, 0.29) is 24.2 Å². The first-order valence-corrected chi connectivity index (χ1v) is 8.54. The maximum atomic E-state index is 12.2. The van der Waals surface area contributed by atoms with E-state index < -0.39 is 0 Å². The molecule has 0 radical (unpaired) electrons. The summed E-state index contributed by atoms with van der Waals surface area (Å²) in [5.74, 6) is -0.00992. The smallest absolute Gasteiger partial charge is 0.230 e. The van der Waals surface area contributed by atoms with Crippen molar-refractivity contribution in [2.75, 3.05) is 10.6 Å². The average molecular weight is 341 g/mol. The number of amides is 2. The summed E-state index contributed by atoms with van der Waals surface area (Å²) in [4.78, 5) is 28.2. The molecule has 0 saturated heterocycles. The van der Waals surface area contributed by atoms with E-state index in [2.05, 4.69) is 25.8 Å². The van der Waals surface area contributed by atoms with E-state index in [9.17, 15) is 9.59 Å². The Morgan fingerprint density at radius 2 is 2.17 bits per heavy atom. The SMILES string of the molecule is O=C(Cc1csc(NC(=O)C2CC2)n1)Nc1cccc2cn[nH]c12. The van der Waals surface area contributed by atoms with Gasteiger partial charge in [-0.2, -0.15) is 5.10 Å². The number of benzene rings is 1. The lowest BCUT2D eigenvalue weighted by Gasteiger charge is -2.05. The minimum absolute atomic E-state index is 0.0197. The van der Waals surface area contributed by atoms with Gasteiger partial charge in [0.25, 0.3) is 0 Å². The zero-order chi connectivity index (χ0) is 16.5. The molecule has 1 aliphatic rings. The highest BCUT2D eigenvalue weighted by Crippen LogP contribution is 2.30. The molecule has 0 atom stereocenters. The van der Waals surface area contributed by atoms with Crippen LogP contribution in [0.3, 0.4) is 0 Å². The third-order valence-corrected chi connectivity index (χ3v) is 4.63. The summed E-state index contributed by atoms with van der Waals surface area (Å²) in [5.41, 5.74) is 2.12. The van der Waals surface area contributed by atoms with E-state index in [0.29, 0.717) is 16.5 Å². The van der Waals surface area contributed by atoms with Crippen LogP contribution >= 0.6 is 11.3 Å². The molecule has 2 amide bonds. The van der Waals surface area contributed by atoms with E-state index in [1.54, 1.807) is 11.6 Å². The minimum Gasteiger partial charge on any atom is -0.324 e. The normalized spacial score (nSPS) is 13.8. The number of hydrogen-bond donors (Lipinski definition) is 3. The molecule has 8 heteroatoms. The van der Waals surface area contributed by atoms with Crippen molar-refractivity contribution in [1.29, 1.82) is 0 Å². The van der Waals surface area contributed by atoms with Gasteiger partial charge in [-0.15, -0.1) is 11.3 Å². The zero-order valence-electron chi connectivity index (χ0n) is 12.7. The van der Waals surface area contributed by atoms with E-state index >= 15 is 0 Å². The largest absolute Gasteiger partial charge is 0.324 e. The third-order valence-electron chi connectivity index (χ3n) is 3.82. The van der Waals surface area contributed by atoms with Gasteiger partial charge in [-0.05, 0) is 18.9 Å². The van der Waals surface area contributed by atoms with Gasteiger partial charge in [-0.1, -0.05) is 12.1 Å². The predicted octanol–water partition coefficient (Wildman–Crippen LogP) is 2.55. The van der Waals surface area contributed by atoms with Crippen LogP contribution in [0.1, 0.15) is 18.5 Å². The Bertz CT molecular complexity index is 912. The molecule has 24 heavy (non-hydrogen) atoms. The summed E-state index contributed by atoms with van der Waals surface area (Å²) in [5, 5.41) is 15.8. The fourth-order valence-corrected chi connectivity index (χ4v) is 3.14. The van der Waals surface area contributed by atoms with Crippen molar-refractivity contribution < 1.29 is 9.59 Å². The van der Waals surface area contributed by atoms with Crippen molar-refractivity contribution >= 4 is 44.9 Å². The molecule has 3 N–H and O–H groups in total. The van der Waals surface area contributed by atoms with Gasteiger partial charge in [0, 0.05) is 16.7 Å². The van der Waals surface area contributed by atoms with Gasteiger partial charge >= 0.3 is 0 Å². The van der Waals surface area contributed by atoms with E-state index in [1.165, 1.54) is 11.3 Å². The molecule has 1 aromatic carbocycles. The van der Waals surface area contributed by atoms with Crippen LogP contribution < -0.4 is 10.6 Å². The number of nitrogens with zero attached hydrogens (tertiary/aromatic N) is 2. The number of rotatable bonds is 5. The number of nitrogens with one attached hydrogen (secondary N) is 3. The van der Waals surface area contributed by atoms with Crippen LogP contribution in [0, 0.1) is 5.92 Å². The molecule has 4 rings (SSSR count). The number of fused-ring (bicyclic) bond motifs is 1. The van der Waals surface area contributed by atoms with E-state index in [4.69, 9.17) is 0 Å². The topological polar surface area (TPSA) is 99.8 Å². The highest BCUT2D eigenvalue weighted by molar-refractivity contribution is 7.13. The fourth-order valence-electron chi connectivity index (χ4n) is 2.43. The molecular formula is C16H15N5O2S. The van der Waals surface area contributed by atoms with Crippen molar-refractivity contribution in [3.63, 3.8) is 0 Å². The van der Waals surface area contributed by atoms with E-state index in [0.717, 1.165) is 23.7 Å². The fraction of sp³-hybridized carbons (Fsp3) is 0.250. The second-order valence-electron chi connectivity index (χ2n) is 5.77. The van der Waals surface area contributed by atoms with Gasteiger partial charge in [0.1, 0.15) is 0 Å². The van der Waals surface area contributed by atoms with Crippen LogP contribution in [0.15, 0.2) is 29.8 Å². The van der Waals surface area contributed by atoms with Crippen molar-refractivity contribution in [3.8, 4) is 0 Å². The lowest BCUT2D eigenvalue weighted by molar-refractivity contribution is -0.117. The number of carbonyl (C=O) groups is 2. The number of thiazole rings is 1. The highest BCUT2D eigenvalue weighted by Gasteiger charge is 2.30. The molecule has 2 heterocycles. The summed E-state index contributed by atoms with van der Waals surface area (Å²) < 4.78 is 0. The molecule has 0 bridgehead atoms. The average Bonchev–Trinajstić information content (AvgIpc) is 3.15. The predicted molar refractivity (Wildman–Crippen MR) is 91.9 cm³/mol. The molecule has 0 spiro atoms. The lowest BCUT2D eigenvalue weighted by Crippen LogP contribution is -2.15. The Kier molecular flexibility index (Phi) is 3.73. The molecule has 3 aromatic rings. The summed E-state index contributed by atoms with van der Waals surface area (Å²) in [7, 11) is 0. The number of anilines is 2. The Labute approximate surface area is 141 Å². The number of para-hydroxylation sites is 1. The van der Waals surface area contributed by atoms with Gasteiger partial charge < -0.3 is 10.6 Å². The van der Waals surface area contributed by atoms with Crippen molar-refractivity contribution in [2.24, 2.45) is 5.92 Å². The number of H-pyrrole nitrogens is 1. The minimum atomic E-state index is -0.164. The molecular weight excluding hydrogens is 326 g/mol. The second-order valence-corrected chi connectivity index (χ2v) is 6.63. The third kappa shape index (κ3) is 3.13. The molecule has 0 aliphatic heterocycles. The van der Waals surface area contributed by atoms with E-state index in [1.807, 2.05) is 18.2 Å². The molecule has 0 unspecified atom stereocenters. The molecule has 1 fully saturated rings. The van der Waals surface area contributed by atoms with Crippen LogP contribution in [0.4, 0.5) is 10.8 Å². The lowest BCUT2D eigenvalue weighted by atomic mass is 10.2. The summed E-state index contributed by atoms with van der Waals surface area (Å²) in [6.45, 7) is 0. The maximum absolute atomic E-state index is 12.2. The van der Waals surface area contributed by atoms with Gasteiger partial charge in [0.05, 0.1) is 29.5 Å². The van der Waals surface area contributed by atoms with Crippen LogP contribution in [-0.2, 0) is 16.0 Å². The monoisotopic (exact) mass is 341 g/mol. The second kappa shape index (κ2) is 6.04.